The average Bonchev–Trinajstić information content (AvgIpc) is 2.42. The molecule has 2 aliphatic heterocycles. The van der Waals surface area contributed by atoms with E-state index in [-0.39, 0.29) is 6.10 Å². The number of aliphatic hydroxyl groups is 1. The molecule has 0 aromatic rings. The zero-order chi connectivity index (χ0) is 12.4. The topological polar surface area (TPSA) is 44.3 Å². The lowest BCUT2D eigenvalue weighted by Gasteiger charge is -2.41. The summed E-state index contributed by atoms with van der Waals surface area (Å²) in [4.78, 5) is 0. The van der Waals surface area contributed by atoms with Gasteiger partial charge in [-0.1, -0.05) is 12.8 Å². The lowest BCUT2D eigenvalue weighted by Crippen LogP contribution is -2.43. The molecule has 18 heavy (non-hydrogen) atoms. The molecule has 1 saturated heterocycles. The SMILES string of the molecule is O[C@H]1C2=C(NCCC2)[C@H]2CNCCCCC[C@@H]1C2. The number of hydrogen-bond acceptors (Lipinski definition) is 3. The van der Waals surface area contributed by atoms with Crippen molar-refractivity contribution < 1.29 is 5.11 Å². The highest BCUT2D eigenvalue weighted by molar-refractivity contribution is 5.26. The minimum absolute atomic E-state index is 0.163. The fourth-order valence-electron chi connectivity index (χ4n) is 3.93. The summed E-state index contributed by atoms with van der Waals surface area (Å²) >= 11 is 0. The predicted molar refractivity (Wildman–Crippen MR) is 73.2 cm³/mol. The predicted octanol–water partition coefficient (Wildman–Crippen LogP) is 1.78. The molecule has 2 heterocycles. The van der Waals surface area contributed by atoms with Crippen LogP contribution in [0.15, 0.2) is 11.3 Å². The fourth-order valence-corrected chi connectivity index (χ4v) is 3.93. The Morgan fingerprint density at radius 3 is 2.94 bits per heavy atom. The monoisotopic (exact) mass is 250 g/mol. The quantitative estimate of drug-likeness (QED) is 0.614. The van der Waals surface area contributed by atoms with Crippen LogP contribution in [-0.4, -0.2) is 30.8 Å². The Morgan fingerprint density at radius 2 is 2.00 bits per heavy atom. The Labute approximate surface area is 110 Å². The van der Waals surface area contributed by atoms with E-state index in [1.807, 2.05) is 0 Å². The summed E-state index contributed by atoms with van der Waals surface area (Å²) in [7, 11) is 0. The van der Waals surface area contributed by atoms with Crippen LogP contribution < -0.4 is 10.6 Å². The molecular weight excluding hydrogens is 224 g/mol. The van der Waals surface area contributed by atoms with E-state index >= 15 is 0 Å². The number of fused-ring (bicyclic) bond motifs is 3. The molecule has 3 nitrogen and oxygen atoms in total. The van der Waals surface area contributed by atoms with Gasteiger partial charge in [0.05, 0.1) is 6.10 Å². The first-order valence-corrected chi connectivity index (χ1v) is 7.72. The van der Waals surface area contributed by atoms with Crippen LogP contribution in [0.4, 0.5) is 0 Å². The van der Waals surface area contributed by atoms with Crippen LogP contribution in [0, 0.1) is 11.8 Å². The maximum absolute atomic E-state index is 10.6. The number of aliphatic hydroxyl groups excluding tert-OH is 1. The molecule has 1 fully saturated rings. The van der Waals surface area contributed by atoms with Crippen molar-refractivity contribution in [2.24, 2.45) is 11.8 Å². The second-order valence-corrected chi connectivity index (χ2v) is 6.16. The first-order valence-electron chi connectivity index (χ1n) is 7.72. The van der Waals surface area contributed by atoms with Crippen LogP contribution in [0.2, 0.25) is 0 Å². The van der Waals surface area contributed by atoms with Gasteiger partial charge in [0, 0.05) is 24.7 Å². The van der Waals surface area contributed by atoms with Gasteiger partial charge < -0.3 is 15.7 Å². The van der Waals surface area contributed by atoms with Gasteiger partial charge in [0.25, 0.3) is 0 Å². The van der Waals surface area contributed by atoms with Crippen molar-refractivity contribution in [2.75, 3.05) is 19.6 Å². The molecule has 3 aliphatic rings. The summed E-state index contributed by atoms with van der Waals surface area (Å²) < 4.78 is 0. The number of nitrogens with one attached hydrogen (secondary N) is 2. The first-order chi connectivity index (χ1) is 8.86. The number of rotatable bonds is 0. The Morgan fingerprint density at radius 1 is 1.06 bits per heavy atom. The van der Waals surface area contributed by atoms with Crippen molar-refractivity contribution >= 4 is 0 Å². The second kappa shape index (κ2) is 5.62. The maximum Gasteiger partial charge on any atom is 0.0798 e. The normalized spacial score (nSPS) is 37.7. The van der Waals surface area contributed by atoms with Crippen LogP contribution in [0.5, 0.6) is 0 Å². The van der Waals surface area contributed by atoms with Crippen molar-refractivity contribution in [1.29, 1.82) is 0 Å². The summed E-state index contributed by atoms with van der Waals surface area (Å²) in [5.74, 6) is 1.13. The summed E-state index contributed by atoms with van der Waals surface area (Å²) in [6, 6.07) is 0. The molecule has 0 amide bonds. The molecular formula is C15H26N2O. The third-order valence-corrected chi connectivity index (χ3v) is 4.90. The molecule has 3 N–H and O–H groups in total. The van der Waals surface area contributed by atoms with Crippen molar-refractivity contribution in [3.05, 3.63) is 11.3 Å². The second-order valence-electron chi connectivity index (χ2n) is 6.16. The molecule has 1 aliphatic carbocycles. The van der Waals surface area contributed by atoms with Gasteiger partial charge in [0.1, 0.15) is 0 Å². The Hall–Kier alpha value is -0.540. The van der Waals surface area contributed by atoms with Gasteiger partial charge in [-0.2, -0.15) is 0 Å². The zero-order valence-corrected chi connectivity index (χ0v) is 11.3. The lowest BCUT2D eigenvalue weighted by atomic mass is 9.73. The Kier molecular flexibility index (Phi) is 3.90. The van der Waals surface area contributed by atoms with Gasteiger partial charge in [-0.15, -0.1) is 0 Å². The third kappa shape index (κ3) is 2.43. The molecule has 0 radical (unpaired) electrons. The van der Waals surface area contributed by atoms with Crippen molar-refractivity contribution in [2.45, 2.75) is 51.0 Å². The molecule has 3 heteroatoms. The summed E-state index contributed by atoms with van der Waals surface area (Å²) in [6.45, 7) is 3.34. The molecule has 0 aromatic carbocycles. The van der Waals surface area contributed by atoms with E-state index in [4.69, 9.17) is 0 Å². The average molecular weight is 250 g/mol. The van der Waals surface area contributed by atoms with E-state index < -0.39 is 0 Å². The van der Waals surface area contributed by atoms with Crippen molar-refractivity contribution in [3.8, 4) is 0 Å². The van der Waals surface area contributed by atoms with Gasteiger partial charge in [0.15, 0.2) is 0 Å². The minimum Gasteiger partial charge on any atom is -0.388 e. The van der Waals surface area contributed by atoms with Gasteiger partial charge in [-0.05, 0) is 50.1 Å². The molecule has 0 aromatic heterocycles. The van der Waals surface area contributed by atoms with Gasteiger partial charge in [-0.3, -0.25) is 0 Å². The van der Waals surface area contributed by atoms with Gasteiger partial charge in [-0.25, -0.2) is 0 Å². The van der Waals surface area contributed by atoms with E-state index in [0.29, 0.717) is 11.8 Å². The first kappa shape index (κ1) is 12.5. The van der Waals surface area contributed by atoms with E-state index in [0.717, 1.165) is 26.1 Å². The molecule has 3 atom stereocenters. The molecule has 0 saturated carbocycles. The number of hydrogen-bond donors (Lipinski definition) is 3. The van der Waals surface area contributed by atoms with Crippen LogP contribution >= 0.6 is 0 Å². The summed E-state index contributed by atoms with van der Waals surface area (Å²) in [5, 5.41) is 17.7. The lowest BCUT2D eigenvalue weighted by molar-refractivity contribution is 0.0940. The third-order valence-electron chi connectivity index (χ3n) is 4.90. The smallest absolute Gasteiger partial charge is 0.0798 e. The fraction of sp³-hybridized carbons (Fsp3) is 0.867. The van der Waals surface area contributed by atoms with E-state index in [9.17, 15) is 5.11 Å². The summed E-state index contributed by atoms with van der Waals surface area (Å²) in [5.41, 5.74) is 2.72. The Balaban J connectivity index is 1.83. The van der Waals surface area contributed by atoms with Crippen molar-refractivity contribution in [1.82, 2.24) is 10.6 Å². The van der Waals surface area contributed by atoms with Crippen molar-refractivity contribution in [3.63, 3.8) is 0 Å². The van der Waals surface area contributed by atoms with Crippen LogP contribution in [0.1, 0.15) is 44.9 Å². The molecule has 3 rings (SSSR count). The van der Waals surface area contributed by atoms with E-state index in [1.54, 1.807) is 0 Å². The standard InChI is InChI=1S/C15H26N2O/c18-15-11-5-2-1-3-7-16-10-12(9-11)14-13(15)6-4-8-17-14/h11-12,15-18H,1-10H2/t11-,12-,15-/m1/s1. The Bertz CT molecular complexity index is 318. The van der Waals surface area contributed by atoms with Crippen LogP contribution in [-0.2, 0) is 0 Å². The molecule has 0 spiro atoms. The van der Waals surface area contributed by atoms with Gasteiger partial charge >= 0.3 is 0 Å². The van der Waals surface area contributed by atoms with E-state index in [1.165, 1.54) is 49.8 Å². The molecule has 2 bridgehead atoms. The highest BCUT2D eigenvalue weighted by atomic mass is 16.3. The largest absolute Gasteiger partial charge is 0.388 e. The van der Waals surface area contributed by atoms with Gasteiger partial charge in [0.2, 0.25) is 0 Å². The molecule has 0 unspecified atom stereocenters. The minimum atomic E-state index is -0.163. The molecule has 102 valence electrons. The van der Waals surface area contributed by atoms with Crippen LogP contribution in [0.25, 0.3) is 0 Å². The van der Waals surface area contributed by atoms with Crippen LogP contribution in [0.3, 0.4) is 0 Å². The highest BCUT2D eigenvalue weighted by Crippen LogP contribution is 2.39. The maximum atomic E-state index is 10.6. The zero-order valence-electron chi connectivity index (χ0n) is 11.3. The highest BCUT2D eigenvalue weighted by Gasteiger charge is 2.36. The summed E-state index contributed by atoms with van der Waals surface area (Å²) in [6.07, 6.45) is 8.39. The van der Waals surface area contributed by atoms with E-state index in [2.05, 4.69) is 10.6 Å².